The Morgan fingerprint density at radius 3 is 2.27 bits per heavy atom. The molecule has 1 amide bonds. The van der Waals surface area contributed by atoms with Gasteiger partial charge in [-0.3, -0.25) is 0 Å². The van der Waals surface area contributed by atoms with Gasteiger partial charge in [-0.15, -0.1) is 0 Å². The van der Waals surface area contributed by atoms with Crippen molar-refractivity contribution in [2.45, 2.75) is 52.2 Å². The topological polar surface area (TPSA) is 42.7 Å². The van der Waals surface area contributed by atoms with Gasteiger partial charge in [-0.2, -0.15) is 0 Å². The van der Waals surface area contributed by atoms with E-state index in [0.29, 0.717) is 13.0 Å². The normalized spacial score (nSPS) is 11.7. The molecule has 0 saturated heterocycles. The van der Waals surface area contributed by atoms with E-state index in [-0.39, 0.29) is 0 Å². The fraction of sp³-hybridized carbons (Fsp3) is 0.818. The highest BCUT2D eigenvalue weighted by atomic mass is 16.6. The van der Waals surface area contributed by atoms with Crippen molar-refractivity contribution >= 4 is 6.09 Å². The second-order valence-electron chi connectivity index (χ2n) is 5.14. The first kappa shape index (κ1) is 13.8. The zero-order chi connectivity index (χ0) is 12.1. The summed E-state index contributed by atoms with van der Waals surface area (Å²) < 4.78 is 5.13. The molecule has 0 bridgehead atoms. The van der Waals surface area contributed by atoms with Crippen LogP contribution in [0, 0.1) is 6.57 Å². The van der Waals surface area contributed by atoms with Crippen molar-refractivity contribution in [2.75, 3.05) is 6.54 Å². The molecular weight excluding hydrogens is 192 g/mol. The van der Waals surface area contributed by atoms with Gasteiger partial charge in [0.05, 0.1) is 0 Å². The smallest absolute Gasteiger partial charge is 0.408 e. The number of rotatable bonds is 3. The monoisotopic (exact) mass is 212 g/mol. The third kappa shape index (κ3) is 7.80. The molecule has 0 fully saturated rings. The van der Waals surface area contributed by atoms with Gasteiger partial charge < -0.3 is 14.9 Å². The first-order valence-electron chi connectivity index (χ1n) is 5.01. The van der Waals surface area contributed by atoms with Crippen molar-refractivity contribution in [3.63, 3.8) is 0 Å². The fourth-order valence-electron chi connectivity index (χ4n) is 0.978. The van der Waals surface area contributed by atoms with Gasteiger partial charge in [0, 0.05) is 12.0 Å². The summed E-state index contributed by atoms with van der Waals surface area (Å²) in [7, 11) is 0. The van der Waals surface area contributed by atoms with Crippen molar-refractivity contribution in [1.29, 1.82) is 0 Å². The number of carbonyl (C=O) groups is 1. The SMILES string of the molecule is [C-]#[N+]CCC(C)(C)NC(=O)OC(C)(C)C. The summed E-state index contributed by atoms with van der Waals surface area (Å²) in [4.78, 5) is 14.7. The number of alkyl carbamates (subject to hydrolysis) is 1. The molecule has 0 aliphatic carbocycles. The maximum Gasteiger partial charge on any atom is 0.408 e. The summed E-state index contributed by atoms with van der Waals surface area (Å²) in [6.45, 7) is 16.3. The molecule has 86 valence electrons. The van der Waals surface area contributed by atoms with Crippen LogP contribution in [0.5, 0.6) is 0 Å². The molecule has 1 N–H and O–H groups in total. The summed E-state index contributed by atoms with van der Waals surface area (Å²) >= 11 is 0. The third-order valence-electron chi connectivity index (χ3n) is 1.69. The van der Waals surface area contributed by atoms with E-state index in [4.69, 9.17) is 11.3 Å². The number of ether oxygens (including phenoxy) is 1. The van der Waals surface area contributed by atoms with Crippen LogP contribution in [0.25, 0.3) is 4.85 Å². The zero-order valence-corrected chi connectivity index (χ0v) is 10.2. The second-order valence-corrected chi connectivity index (χ2v) is 5.14. The Hall–Kier alpha value is -1.24. The van der Waals surface area contributed by atoms with Crippen LogP contribution in [0.2, 0.25) is 0 Å². The van der Waals surface area contributed by atoms with Gasteiger partial charge >= 0.3 is 6.09 Å². The van der Waals surface area contributed by atoms with E-state index in [1.807, 2.05) is 34.6 Å². The van der Waals surface area contributed by atoms with E-state index in [9.17, 15) is 4.79 Å². The minimum absolute atomic E-state index is 0.396. The molecular formula is C11H20N2O2. The Balaban J connectivity index is 4.11. The highest BCUT2D eigenvalue weighted by molar-refractivity contribution is 5.68. The van der Waals surface area contributed by atoms with E-state index in [1.165, 1.54) is 0 Å². The van der Waals surface area contributed by atoms with Crippen LogP contribution in [-0.4, -0.2) is 23.8 Å². The average molecular weight is 212 g/mol. The largest absolute Gasteiger partial charge is 0.444 e. The quantitative estimate of drug-likeness (QED) is 0.731. The lowest BCUT2D eigenvalue weighted by Crippen LogP contribution is -2.46. The van der Waals surface area contributed by atoms with Gasteiger partial charge in [-0.1, -0.05) is 0 Å². The van der Waals surface area contributed by atoms with E-state index in [1.54, 1.807) is 0 Å². The molecule has 0 spiro atoms. The molecule has 0 aliphatic heterocycles. The Kier molecular flexibility index (Phi) is 4.60. The van der Waals surface area contributed by atoms with E-state index in [0.717, 1.165) is 0 Å². The predicted molar refractivity (Wildman–Crippen MR) is 59.5 cm³/mol. The maximum atomic E-state index is 11.4. The predicted octanol–water partition coefficient (Wildman–Crippen LogP) is 2.60. The molecule has 0 rings (SSSR count). The Morgan fingerprint density at radius 1 is 1.33 bits per heavy atom. The second kappa shape index (κ2) is 5.01. The minimum Gasteiger partial charge on any atom is -0.444 e. The summed E-state index contributed by atoms with van der Waals surface area (Å²) in [6.07, 6.45) is 0.188. The van der Waals surface area contributed by atoms with Gasteiger partial charge in [0.25, 0.3) is 0 Å². The lowest BCUT2D eigenvalue weighted by molar-refractivity contribution is 0.0470. The molecule has 0 aromatic carbocycles. The van der Waals surface area contributed by atoms with Crippen LogP contribution in [0.4, 0.5) is 4.79 Å². The van der Waals surface area contributed by atoms with E-state index in [2.05, 4.69) is 10.2 Å². The van der Waals surface area contributed by atoms with E-state index >= 15 is 0 Å². The highest BCUT2D eigenvalue weighted by Gasteiger charge is 2.24. The summed E-state index contributed by atoms with van der Waals surface area (Å²) in [6, 6.07) is 0. The van der Waals surface area contributed by atoms with Crippen molar-refractivity contribution in [1.82, 2.24) is 5.32 Å². The van der Waals surface area contributed by atoms with Crippen LogP contribution in [0.1, 0.15) is 41.0 Å². The van der Waals surface area contributed by atoms with Crippen molar-refractivity contribution in [3.8, 4) is 0 Å². The molecule has 4 heteroatoms. The number of amides is 1. The lowest BCUT2D eigenvalue weighted by Gasteiger charge is -2.27. The highest BCUT2D eigenvalue weighted by Crippen LogP contribution is 2.12. The maximum absolute atomic E-state index is 11.4. The van der Waals surface area contributed by atoms with Crippen LogP contribution < -0.4 is 5.32 Å². The molecule has 0 aliphatic rings. The van der Waals surface area contributed by atoms with Gasteiger partial charge in [-0.05, 0) is 34.6 Å². The Morgan fingerprint density at radius 2 is 1.87 bits per heavy atom. The first-order valence-corrected chi connectivity index (χ1v) is 5.01. The van der Waals surface area contributed by atoms with Crippen molar-refractivity contribution in [2.24, 2.45) is 0 Å². The Labute approximate surface area is 91.8 Å². The Bertz CT molecular complexity index is 259. The molecule has 0 atom stereocenters. The van der Waals surface area contributed by atoms with Crippen molar-refractivity contribution < 1.29 is 9.53 Å². The first-order chi connectivity index (χ1) is 6.66. The molecule has 0 saturated carbocycles. The van der Waals surface area contributed by atoms with Gasteiger partial charge in [0.1, 0.15) is 5.60 Å². The van der Waals surface area contributed by atoms with Crippen LogP contribution >= 0.6 is 0 Å². The van der Waals surface area contributed by atoms with Crippen LogP contribution in [0.15, 0.2) is 0 Å². The number of nitrogens with zero attached hydrogens (tertiary/aromatic N) is 1. The molecule has 15 heavy (non-hydrogen) atoms. The lowest BCUT2D eigenvalue weighted by atomic mass is 10.0. The van der Waals surface area contributed by atoms with Crippen LogP contribution in [0.3, 0.4) is 0 Å². The average Bonchev–Trinajstić information content (AvgIpc) is 1.95. The van der Waals surface area contributed by atoms with Crippen molar-refractivity contribution in [3.05, 3.63) is 11.4 Å². The third-order valence-corrected chi connectivity index (χ3v) is 1.69. The molecule has 4 nitrogen and oxygen atoms in total. The number of hydrogen-bond donors (Lipinski definition) is 1. The number of nitrogens with one attached hydrogen (secondary N) is 1. The molecule has 0 aromatic heterocycles. The minimum atomic E-state index is -0.486. The number of hydrogen-bond acceptors (Lipinski definition) is 2. The molecule has 0 heterocycles. The molecule has 0 unspecified atom stereocenters. The van der Waals surface area contributed by atoms with Gasteiger partial charge in [-0.25, -0.2) is 11.4 Å². The van der Waals surface area contributed by atoms with Gasteiger partial charge in [0.2, 0.25) is 6.54 Å². The fourth-order valence-corrected chi connectivity index (χ4v) is 0.978. The molecule has 0 radical (unpaired) electrons. The van der Waals surface area contributed by atoms with Gasteiger partial charge in [0.15, 0.2) is 0 Å². The standard InChI is InChI=1S/C11H20N2O2/c1-10(2,3)15-9(14)13-11(4,5)7-8-12-6/h7-8H2,1-5H3,(H,13,14). The zero-order valence-electron chi connectivity index (χ0n) is 10.2. The summed E-state index contributed by atoms with van der Waals surface area (Å²) in [5, 5.41) is 2.74. The summed E-state index contributed by atoms with van der Waals surface area (Å²) in [5.74, 6) is 0. The van der Waals surface area contributed by atoms with E-state index < -0.39 is 17.2 Å². The number of carbonyl (C=O) groups excluding carboxylic acids is 1. The molecule has 0 aromatic rings. The summed E-state index contributed by atoms with van der Waals surface area (Å²) in [5.41, 5.74) is -0.882. The van der Waals surface area contributed by atoms with Crippen LogP contribution in [-0.2, 0) is 4.74 Å².